The molecule has 3 heteroatoms. The minimum absolute atomic E-state index is 0.563. The molecule has 1 unspecified atom stereocenters. The van der Waals surface area contributed by atoms with Crippen LogP contribution in [0.25, 0.3) is 0 Å². The van der Waals surface area contributed by atoms with Crippen molar-refractivity contribution in [3.8, 4) is 0 Å². The van der Waals surface area contributed by atoms with E-state index in [0.717, 1.165) is 32.6 Å². The van der Waals surface area contributed by atoms with E-state index in [4.69, 9.17) is 0 Å². The van der Waals surface area contributed by atoms with Crippen molar-refractivity contribution in [3.63, 3.8) is 0 Å². The first-order valence-corrected chi connectivity index (χ1v) is 8.34. The van der Waals surface area contributed by atoms with Crippen LogP contribution in [0.1, 0.15) is 11.1 Å². The van der Waals surface area contributed by atoms with Gasteiger partial charge in [0.25, 0.3) is 0 Å². The molecule has 1 heterocycles. The SMILES string of the molecule is Brc1ccccc1CN1CCNCC1Cc1ccccc1. The van der Waals surface area contributed by atoms with Crippen LogP contribution >= 0.6 is 15.9 Å². The summed E-state index contributed by atoms with van der Waals surface area (Å²) in [5.74, 6) is 0. The molecule has 0 amide bonds. The minimum atomic E-state index is 0.563. The van der Waals surface area contributed by atoms with Gasteiger partial charge < -0.3 is 5.32 Å². The van der Waals surface area contributed by atoms with Gasteiger partial charge in [0.2, 0.25) is 0 Å². The van der Waals surface area contributed by atoms with Gasteiger partial charge in [-0.2, -0.15) is 0 Å². The molecule has 21 heavy (non-hydrogen) atoms. The Balaban J connectivity index is 1.71. The first-order valence-electron chi connectivity index (χ1n) is 7.55. The van der Waals surface area contributed by atoms with Gasteiger partial charge in [-0.3, -0.25) is 4.90 Å². The predicted octanol–water partition coefficient (Wildman–Crippen LogP) is 3.47. The second kappa shape index (κ2) is 7.21. The van der Waals surface area contributed by atoms with Crippen molar-refractivity contribution < 1.29 is 0 Å². The summed E-state index contributed by atoms with van der Waals surface area (Å²) in [5, 5.41) is 3.53. The van der Waals surface area contributed by atoms with Crippen molar-refractivity contribution in [1.82, 2.24) is 10.2 Å². The molecule has 2 aromatic rings. The standard InChI is InChI=1S/C18H21BrN2/c19-18-9-5-4-8-16(18)14-21-11-10-20-13-17(21)12-15-6-2-1-3-7-15/h1-9,17,20H,10-14H2. The Hall–Kier alpha value is -1.16. The lowest BCUT2D eigenvalue weighted by Gasteiger charge is -2.36. The molecular formula is C18H21BrN2. The van der Waals surface area contributed by atoms with E-state index < -0.39 is 0 Å². The fraction of sp³-hybridized carbons (Fsp3) is 0.333. The molecule has 1 saturated heterocycles. The Kier molecular flexibility index (Phi) is 5.07. The minimum Gasteiger partial charge on any atom is -0.314 e. The molecule has 0 bridgehead atoms. The molecule has 1 aliphatic rings. The van der Waals surface area contributed by atoms with E-state index in [0.29, 0.717) is 6.04 Å². The normalized spacial score (nSPS) is 19.6. The second-order valence-electron chi connectivity index (χ2n) is 5.61. The van der Waals surface area contributed by atoms with Crippen LogP contribution in [0.5, 0.6) is 0 Å². The lowest BCUT2D eigenvalue weighted by atomic mass is 10.0. The molecule has 2 nitrogen and oxygen atoms in total. The Morgan fingerprint density at radius 3 is 2.62 bits per heavy atom. The van der Waals surface area contributed by atoms with Crippen LogP contribution in [-0.2, 0) is 13.0 Å². The molecule has 110 valence electrons. The van der Waals surface area contributed by atoms with Gasteiger partial charge in [-0.25, -0.2) is 0 Å². The first-order chi connectivity index (χ1) is 10.3. The first kappa shape index (κ1) is 14.8. The number of rotatable bonds is 4. The summed E-state index contributed by atoms with van der Waals surface area (Å²) in [7, 11) is 0. The second-order valence-corrected chi connectivity index (χ2v) is 6.46. The average Bonchev–Trinajstić information content (AvgIpc) is 2.52. The zero-order chi connectivity index (χ0) is 14.5. The topological polar surface area (TPSA) is 15.3 Å². The molecule has 3 rings (SSSR count). The molecular weight excluding hydrogens is 324 g/mol. The van der Waals surface area contributed by atoms with Crippen LogP contribution in [0.2, 0.25) is 0 Å². The van der Waals surface area contributed by atoms with Crippen molar-refractivity contribution in [3.05, 3.63) is 70.2 Å². The largest absolute Gasteiger partial charge is 0.314 e. The molecule has 1 fully saturated rings. The van der Waals surface area contributed by atoms with Crippen LogP contribution in [0.3, 0.4) is 0 Å². The summed E-state index contributed by atoms with van der Waals surface area (Å²) in [5.41, 5.74) is 2.79. The third kappa shape index (κ3) is 3.94. The van der Waals surface area contributed by atoms with Crippen molar-refractivity contribution in [2.45, 2.75) is 19.0 Å². The van der Waals surface area contributed by atoms with E-state index in [9.17, 15) is 0 Å². The number of halogens is 1. The van der Waals surface area contributed by atoms with Gasteiger partial charge >= 0.3 is 0 Å². The van der Waals surface area contributed by atoms with Gasteiger partial charge in [-0.05, 0) is 23.6 Å². The molecule has 0 radical (unpaired) electrons. The Morgan fingerprint density at radius 1 is 1.05 bits per heavy atom. The highest BCUT2D eigenvalue weighted by atomic mass is 79.9. The van der Waals surface area contributed by atoms with Gasteiger partial charge in [0, 0.05) is 36.7 Å². The zero-order valence-corrected chi connectivity index (χ0v) is 13.7. The quantitative estimate of drug-likeness (QED) is 0.913. The van der Waals surface area contributed by atoms with Crippen molar-refractivity contribution in [2.75, 3.05) is 19.6 Å². The molecule has 1 N–H and O–H groups in total. The van der Waals surface area contributed by atoms with E-state index in [1.54, 1.807) is 0 Å². The van der Waals surface area contributed by atoms with E-state index in [1.807, 2.05) is 0 Å². The van der Waals surface area contributed by atoms with E-state index in [1.165, 1.54) is 15.6 Å². The molecule has 0 aliphatic carbocycles. The van der Waals surface area contributed by atoms with Crippen molar-refractivity contribution >= 4 is 15.9 Å². The predicted molar refractivity (Wildman–Crippen MR) is 91.4 cm³/mol. The third-order valence-corrected chi connectivity index (χ3v) is 4.89. The maximum atomic E-state index is 3.67. The van der Waals surface area contributed by atoms with Crippen LogP contribution in [0, 0.1) is 0 Å². The summed E-state index contributed by atoms with van der Waals surface area (Å²) in [6, 6.07) is 19.9. The maximum absolute atomic E-state index is 3.67. The molecule has 1 atom stereocenters. The molecule has 1 aliphatic heterocycles. The van der Waals surface area contributed by atoms with Gasteiger partial charge in [0.05, 0.1) is 0 Å². The van der Waals surface area contributed by atoms with Crippen molar-refractivity contribution in [2.24, 2.45) is 0 Å². The molecule has 0 saturated carbocycles. The van der Waals surface area contributed by atoms with Crippen LogP contribution in [-0.4, -0.2) is 30.6 Å². The monoisotopic (exact) mass is 344 g/mol. The van der Waals surface area contributed by atoms with Crippen molar-refractivity contribution in [1.29, 1.82) is 0 Å². The van der Waals surface area contributed by atoms with E-state index >= 15 is 0 Å². The summed E-state index contributed by atoms with van der Waals surface area (Å²) in [6.07, 6.45) is 1.11. The smallest absolute Gasteiger partial charge is 0.0265 e. The number of nitrogens with one attached hydrogen (secondary N) is 1. The van der Waals surface area contributed by atoms with Crippen LogP contribution in [0.15, 0.2) is 59.1 Å². The highest BCUT2D eigenvalue weighted by molar-refractivity contribution is 9.10. The van der Waals surface area contributed by atoms with E-state index in [2.05, 4.69) is 80.7 Å². The number of piperazine rings is 1. The van der Waals surface area contributed by atoms with Gasteiger partial charge in [-0.15, -0.1) is 0 Å². The number of hydrogen-bond acceptors (Lipinski definition) is 2. The number of benzene rings is 2. The lowest BCUT2D eigenvalue weighted by molar-refractivity contribution is 0.152. The fourth-order valence-corrected chi connectivity index (χ4v) is 3.35. The highest BCUT2D eigenvalue weighted by Crippen LogP contribution is 2.20. The Morgan fingerprint density at radius 2 is 1.81 bits per heavy atom. The van der Waals surface area contributed by atoms with Gasteiger partial charge in [0.15, 0.2) is 0 Å². The number of hydrogen-bond donors (Lipinski definition) is 1. The van der Waals surface area contributed by atoms with Gasteiger partial charge in [0.1, 0.15) is 0 Å². The fourth-order valence-electron chi connectivity index (χ4n) is 2.94. The summed E-state index contributed by atoms with van der Waals surface area (Å²) in [4.78, 5) is 2.60. The number of nitrogens with zero attached hydrogens (tertiary/aromatic N) is 1. The summed E-state index contributed by atoms with van der Waals surface area (Å²) >= 11 is 3.67. The van der Waals surface area contributed by atoms with Crippen LogP contribution in [0.4, 0.5) is 0 Å². The highest BCUT2D eigenvalue weighted by Gasteiger charge is 2.22. The maximum Gasteiger partial charge on any atom is 0.0265 e. The summed E-state index contributed by atoms with van der Waals surface area (Å²) in [6.45, 7) is 4.27. The van der Waals surface area contributed by atoms with E-state index in [-0.39, 0.29) is 0 Å². The lowest BCUT2D eigenvalue weighted by Crippen LogP contribution is -2.51. The van der Waals surface area contributed by atoms with Crippen LogP contribution < -0.4 is 5.32 Å². The molecule has 0 aromatic heterocycles. The van der Waals surface area contributed by atoms with Gasteiger partial charge in [-0.1, -0.05) is 64.5 Å². The molecule has 0 spiro atoms. The average molecular weight is 345 g/mol. The Bertz CT molecular complexity index is 570. The summed E-state index contributed by atoms with van der Waals surface area (Å²) < 4.78 is 1.21. The molecule has 2 aromatic carbocycles. The Labute approximate surface area is 135 Å². The third-order valence-electron chi connectivity index (χ3n) is 4.12. The zero-order valence-electron chi connectivity index (χ0n) is 12.1.